The van der Waals surface area contributed by atoms with Gasteiger partial charge in [0.15, 0.2) is 0 Å². The van der Waals surface area contributed by atoms with Crippen molar-refractivity contribution < 1.29 is 9.53 Å². The maximum absolute atomic E-state index is 11.7. The van der Waals surface area contributed by atoms with Gasteiger partial charge < -0.3 is 4.74 Å². The molecule has 0 atom stereocenters. The van der Waals surface area contributed by atoms with E-state index in [9.17, 15) is 4.79 Å². The van der Waals surface area contributed by atoms with Crippen molar-refractivity contribution in [3.63, 3.8) is 0 Å². The molecular weight excluding hydrogens is 270 g/mol. The van der Waals surface area contributed by atoms with E-state index in [1.165, 1.54) is 0 Å². The standard InChI is InChI=1S/C12H8BrNO2/c13-10-3-1-2-9(8-10)12(15)16-11-4-6-14-7-5-11/h1-8H. The molecule has 0 saturated carbocycles. The first kappa shape index (κ1) is 10.8. The van der Waals surface area contributed by atoms with Gasteiger partial charge in [-0.3, -0.25) is 4.98 Å². The molecule has 0 aliphatic heterocycles. The molecule has 2 aromatic rings. The first-order chi connectivity index (χ1) is 7.75. The van der Waals surface area contributed by atoms with Crippen LogP contribution in [0.4, 0.5) is 0 Å². The van der Waals surface area contributed by atoms with E-state index in [0.29, 0.717) is 11.3 Å². The van der Waals surface area contributed by atoms with Gasteiger partial charge in [-0.15, -0.1) is 0 Å². The molecular formula is C12H8BrNO2. The smallest absolute Gasteiger partial charge is 0.343 e. The van der Waals surface area contributed by atoms with Crippen molar-refractivity contribution in [3.05, 3.63) is 58.8 Å². The lowest BCUT2D eigenvalue weighted by molar-refractivity contribution is 0.0734. The monoisotopic (exact) mass is 277 g/mol. The normalized spacial score (nSPS) is 9.81. The van der Waals surface area contributed by atoms with Crippen LogP contribution in [0.25, 0.3) is 0 Å². The number of halogens is 1. The van der Waals surface area contributed by atoms with Crippen LogP contribution in [-0.2, 0) is 0 Å². The lowest BCUT2D eigenvalue weighted by atomic mass is 10.2. The minimum atomic E-state index is -0.382. The largest absolute Gasteiger partial charge is 0.423 e. The SMILES string of the molecule is O=C(Oc1ccncc1)c1cccc(Br)c1. The van der Waals surface area contributed by atoms with Crippen molar-refractivity contribution in [2.75, 3.05) is 0 Å². The van der Waals surface area contributed by atoms with Gasteiger partial charge >= 0.3 is 5.97 Å². The molecule has 3 nitrogen and oxygen atoms in total. The number of hydrogen-bond acceptors (Lipinski definition) is 3. The molecule has 16 heavy (non-hydrogen) atoms. The zero-order valence-corrected chi connectivity index (χ0v) is 9.85. The highest BCUT2D eigenvalue weighted by molar-refractivity contribution is 9.10. The van der Waals surface area contributed by atoms with Crippen molar-refractivity contribution in [2.45, 2.75) is 0 Å². The molecule has 0 radical (unpaired) electrons. The Morgan fingerprint density at radius 1 is 1.19 bits per heavy atom. The Morgan fingerprint density at radius 3 is 2.62 bits per heavy atom. The molecule has 0 spiro atoms. The van der Waals surface area contributed by atoms with Crippen LogP contribution in [0.2, 0.25) is 0 Å². The number of carbonyl (C=O) groups excluding carboxylic acids is 1. The number of benzene rings is 1. The van der Waals surface area contributed by atoms with Crippen LogP contribution in [-0.4, -0.2) is 11.0 Å². The molecule has 80 valence electrons. The first-order valence-electron chi connectivity index (χ1n) is 4.63. The molecule has 0 fully saturated rings. The second-order valence-corrected chi connectivity index (χ2v) is 4.00. The molecule has 0 N–H and O–H groups in total. The average molecular weight is 278 g/mol. The predicted octanol–water partition coefficient (Wildman–Crippen LogP) is 3.06. The summed E-state index contributed by atoms with van der Waals surface area (Å²) in [5, 5.41) is 0. The molecule has 1 aromatic heterocycles. The fraction of sp³-hybridized carbons (Fsp3) is 0. The Bertz CT molecular complexity index is 499. The third kappa shape index (κ3) is 2.67. The van der Waals surface area contributed by atoms with E-state index < -0.39 is 0 Å². The van der Waals surface area contributed by atoms with E-state index in [1.807, 2.05) is 6.07 Å². The van der Waals surface area contributed by atoms with E-state index >= 15 is 0 Å². The third-order valence-corrected chi connectivity index (χ3v) is 2.41. The van der Waals surface area contributed by atoms with Gasteiger partial charge in [0.25, 0.3) is 0 Å². The number of rotatable bonds is 2. The molecule has 2 rings (SSSR count). The Balaban J connectivity index is 2.15. The molecule has 1 heterocycles. The van der Waals surface area contributed by atoms with Crippen LogP contribution >= 0.6 is 15.9 Å². The number of nitrogens with zero attached hydrogens (tertiary/aromatic N) is 1. The van der Waals surface area contributed by atoms with E-state index in [1.54, 1.807) is 42.7 Å². The second kappa shape index (κ2) is 4.90. The van der Waals surface area contributed by atoms with E-state index in [-0.39, 0.29) is 5.97 Å². The summed E-state index contributed by atoms with van der Waals surface area (Å²) in [5.41, 5.74) is 0.506. The van der Waals surface area contributed by atoms with Gasteiger partial charge in [0, 0.05) is 16.9 Å². The van der Waals surface area contributed by atoms with E-state index in [2.05, 4.69) is 20.9 Å². The van der Waals surface area contributed by atoms with Crippen molar-refractivity contribution in [2.24, 2.45) is 0 Å². The van der Waals surface area contributed by atoms with Gasteiger partial charge in [-0.2, -0.15) is 0 Å². The summed E-state index contributed by atoms with van der Waals surface area (Å²) in [6, 6.07) is 10.3. The van der Waals surface area contributed by atoms with Gasteiger partial charge in [0.2, 0.25) is 0 Å². The minimum Gasteiger partial charge on any atom is -0.423 e. The predicted molar refractivity (Wildman–Crippen MR) is 63.3 cm³/mol. The molecule has 0 bridgehead atoms. The molecule has 0 aliphatic rings. The summed E-state index contributed by atoms with van der Waals surface area (Å²) in [7, 11) is 0. The van der Waals surface area contributed by atoms with Crippen LogP contribution < -0.4 is 4.74 Å². The topological polar surface area (TPSA) is 39.2 Å². The van der Waals surface area contributed by atoms with Crippen LogP contribution in [0, 0.1) is 0 Å². The number of hydrogen-bond donors (Lipinski definition) is 0. The van der Waals surface area contributed by atoms with Gasteiger partial charge in [0.05, 0.1) is 5.56 Å². The molecule has 0 amide bonds. The molecule has 0 aliphatic carbocycles. The summed E-state index contributed by atoms with van der Waals surface area (Å²) < 4.78 is 6.00. The highest BCUT2D eigenvalue weighted by Gasteiger charge is 2.08. The van der Waals surface area contributed by atoms with Crippen LogP contribution in [0.15, 0.2) is 53.3 Å². The summed E-state index contributed by atoms with van der Waals surface area (Å²) in [4.78, 5) is 15.5. The number of ether oxygens (including phenoxy) is 1. The zero-order chi connectivity index (χ0) is 11.4. The van der Waals surface area contributed by atoms with Gasteiger partial charge in [-0.05, 0) is 30.3 Å². The van der Waals surface area contributed by atoms with Crippen molar-refractivity contribution >= 4 is 21.9 Å². The lowest BCUT2D eigenvalue weighted by Crippen LogP contribution is -2.08. The summed E-state index contributed by atoms with van der Waals surface area (Å²) in [6.45, 7) is 0. The number of esters is 1. The van der Waals surface area contributed by atoms with Crippen molar-refractivity contribution in [1.82, 2.24) is 4.98 Å². The summed E-state index contributed by atoms with van der Waals surface area (Å²) in [6.07, 6.45) is 3.15. The van der Waals surface area contributed by atoms with Gasteiger partial charge in [-0.1, -0.05) is 22.0 Å². The average Bonchev–Trinajstić information content (AvgIpc) is 2.30. The van der Waals surface area contributed by atoms with Gasteiger partial charge in [0.1, 0.15) is 5.75 Å². The van der Waals surface area contributed by atoms with E-state index in [0.717, 1.165) is 4.47 Å². The Labute approximate surface area is 101 Å². The quantitative estimate of drug-likeness (QED) is 0.792. The van der Waals surface area contributed by atoms with Crippen LogP contribution in [0.3, 0.4) is 0 Å². The van der Waals surface area contributed by atoms with Crippen LogP contribution in [0.5, 0.6) is 5.75 Å². The van der Waals surface area contributed by atoms with Crippen molar-refractivity contribution in [3.8, 4) is 5.75 Å². The molecule has 1 aromatic carbocycles. The maximum atomic E-state index is 11.7. The highest BCUT2D eigenvalue weighted by Crippen LogP contribution is 2.14. The fourth-order valence-electron chi connectivity index (χ4n) is 1.19. The van der Waals surface area contributed by atoms with Crippen molar-refractivity contribution in [1.29, 1.82) is 0 Å². The molecule has 4 heteroatoms. The summed E-state index contributed by atoms with van der Waals surface area (Å²) >= 11 is 3.30. The maximum Gasteiger partial charge on any atom is 0.343 e. The fourth-order valence-corrected chi connectivity index (χ4v) is 1.59. The number of carbonyl (C=O) groups is 1. The number of aromatic nitrogens is 1. The third-order valence-electron chi connectivity index (χ3n) is 1.92. The lowest BCUT2D eigenvalue weighted by Gasteiger charge is -2.03. The van der Waals surface area contributed by atoms with E-state index in [4.69, 9.17) is 4.74 Å². The number of pyridine rings is 1. The Hall–Kier alpha value is -1.68. The Kier molecular flexibility index (Phi) is 3.31. The minimum absolute atomic E-state index is 0.382. The van der Waals surface area contributed by atoms with Gasteiger partial charge in [-0.25, -0.2) is 4.79 Å². The zero-order valence-electron chi connectivity index (χ0n) is 8.26. The highest BCUT2D eigenvalue weighted by atomic mass is 79.9. The summed E-state index contributed by atoms with van der Waals surface area (Å²) in [5.74, 6) is 0.104. The molecule has 0 saturated heterocycles. The first-order valence-corrected chi connectivity index (χ1v) is 5.43. The second-order valence-electron chi connectivity index (χ2n) is 3.08. The molecule has 0 unspecified atom stereocenters. The Morgan fingerprint density at radius 2 is 1.94 bits per heavy atom. The van der Waals surface area contributed by atoms with Crippen LogP contribution in [0.1, 0.15) is 10.4 Å².